The Balaban J connectivity index is 1.92. The van der Waals surface area contributed by atoms with Crippen molar-refractivity contribution in [3.8, 4) is 0 Å². The van der Waals surface area contributed by atoms with Crippen LogP contribution < -0.4 is 5.32 Å². The van der Waals surface area contributed by atoms with Gasteiger partial charge in [-0.3, -0.25) is 9.69 Å². The molecular formula is C13H25N3O. The number of hydrogen-bond acceptors (Lipinski definition) is 3. The van der Waals surface area contributed by atoms with Gasteiger partial charge in [0, 0.05) is 38.1 Å². The minimum atomic E-state index is 0.317. The lowest BCUT2D eigenvalue weighted by Crippen LogP contribution is -2.60. The zero-order valence-corrected chi connectivity index (χ0v) is 11.1. The Kier molecular flexibility index (Phi) is 4.40. The van der Waals surface area contributed by atoms with Gasteiger partial charge in [0.1, 0.15) is 0 Å². The van der Waals surface area contributed by atoms with E-state index < -0.39 is 0 Å². The van der Waals surface area contributed by atoms with E-state index in [2.05, 4.69) is 22.0 Å². The summed E-state index contributed by atoms with van der Waals surface area (Å²) in [7, 11) is 1.90. The van der Waals surface area contributed by atoms with Crippen LogP contribution in [0.5, 0.6) is 0 Å². The maximum atomic E-state index is 12.1. The molecule has 2 aliphatic heterocycles. The molecule has 2 rings (SSSR count). The van der Waals surface area contributed by atoms with Gasteiger partial charge in [-0.2, -0.15) is 0 Å². The maximum absolute atomic E-state index is 12.1. The maximum Gasteiger partial charge on any atom is 0.224 e. The number of nitrogens with zero attached hydrogens (tertiary/aromatic N) is 2. The van der Waals surface area contributed by atoms with E-state index in [1.54, 1.807) is 0 Å². The Bertz CT molecular complexity index is 269. The third-order valence-corrected chi connectivity index (χ3v) is 4.10. The Morgan fingerprint density at radius 1 is 1.35 bits per heavy atom. The van der Waals surface area contributed by atoms with Crippen molar-refractivity contribution in [2.24, 2.45) is 0 Å². The molecule has 1 amide bonds. The van der Waals surface area contributed by atoms with Crippen LogP contribution in [0, 0.1) is 0 Å². The molecule has 98 valence electrons. The molecule has 1 N–H and O–H groups in total. The van der Waals surface area contributed by atoms with E-state index >= 15 is 0 Å². The summed E-state index contributed by atoms with van der Waals surface area (Å²) in [6, 6.07) is 1.01. The summed E-state index contributed by atoms with van der Waals surface area (Å²) < 4.78 is 0. The zero-order chi connectivity index (χ0) is 12.3. The van der Waals surface area contributed by atoms with Gasteiger partial charge in [-0.1, -0.05) is 6.42 Å². The number of rotatable bonds is 3. The summed E-state index contributed by atoms with van der Waals surface area (Å²) in [4.78, 5) is 16.8. The standard InChI is InChI=1S/C13H25N3O/c1-11-9-15-8-4-3-5-12(15)10-16(11)13(17)6-7-14-2/h11-12,14H,3-10H2,1-2H3. The molecule has 4 nitrogen and oxygen atoms in total. The largest absolute Gasteiger partial charge is 0.337 e. The number of nitrogens with one attached hydrogen (secondary N) is 1. The first kappa shape index (κ1) is 12.8. The molecule has 2 saturated heterocycles. The molecule has 0 aromatic carbocycles. The average Bonchev–Trinajstić information content (AvgIpc) is 2.35. The van der Waals surface area contributed by atoms with Crippen molar-refractivity contribution in [3.05, 3.63) is 0 Å². The van der Waals surface area contributed by atoms with Crippen LogP contribution >= 0.6 is 0 Å². The number of carbonyl (C=O) groups excluding carboxylic acids is 1. The van der Waals surface area contributed by atoms with Crippen molar-refractivity contribution in [2.45, 2.75) is 44.7 Å². The zero-order valence-electron chi connectivity index (χ0n) is 11.1. The van der Waals surface area contributed by atoms with Gasteiger partial charge in [0.15, 0.2) is 0 Å². The van der Waals surface area contributed by atoms with Crippen LogP contribution in [0.4, 0.5) is 0 Å². The van der Waals surface area contributed by atoms with Crippen LogP contribution in [0.25, 0.3) is 0 Å². The third-order valence-electron chi connectivity index (χ3n) is 4.10. The number of piperidine rings is 1. The van der Waals surface area contributed by atoms with E-state index in [0.717, 1.165) is 19.6 Å². The smallest absolute Gasteiger partial charge is 0.224 e. The van der Waals surface area contributed by atoms with Crippen molar-refractivity contribution >= 4 is 5.91 Å². The summed E-state index contributed by atoms with van der Waals surface area (Å²) in [5.74, 6) is 0.317. The third kappa shape index (κ3) is 2.99. The second-order valence-electron chi connectivity index (χ2n) is 5.39. The van der Waals surface area contributed by atoms with E-state index in [1.807, 2.05) is 7.05 Å². The molecule has 0 saturated carbocycles. The Hall–Kier alpha value is -0.610. The van der Waals surface area contributed by atoms with Crippen molar-refractivity contribution in [1.82, 2.24) is 15.1 Å². The van der Waals surface area contributed by atoms with Crippen LogP contribution in [-0.2, 0) is 4.79 Å². The van der Waals surface area contributed by atoms with E-state index in [9.17, 15) is 4.79 Å². The highest BCUT2D eigenvalue weighted by Gasteiger charge is 2.34. The highest BCUT2D eigenvalue weighted by Crippen LogP contribution is 2.24. The van der Waals surface area contributed by atoms with Gasteiger partial charge in [-0.15, -0.1) is 0 Å². The normalized spacial score (nSPS) is 30.1. The second kappa shape index (κ2) is 5.83. The SMILES string of the molecule is CNCCC(=O)N1CC2CCCCN2CC1C. The van der Waals surface area contributed by atoms with Gasteiger partial charge in [0.05, 0.1) is 0 Å². The van der Waals surface area contributed by atoms with Crippen molar-refractivity contribution < 1.29 is 4.79 Å². The molecular weight excluding hydrogens is 214 g/mol. The molecule has 2 heterocycles. The minimum absolute atomic E-state index is 0.317. The van der Waals surface area contributed by atoms with Crippen molar-refractivity contribution in [2.75, 3.05) is 33.2 Å². The number of fused-ring (bicyclic) bond motifs is 1. The highest BCUT2D eigenvalue weighted by molar-refractivity contribution is 5.76. The van der Waals surface area contributed by atoms with E-state index in [-0.39, 0.29) is 0 Å². The van der Waals surface area contributed by atoms with Crippen molar-refractivity contribution in [3.63, 3.8) is 0 Å². The molecule has 4 heteroatoms. The number of amides is 1. The van der Waals surface area contributed by atoms with Gasteiger partial charge in [-0.25, -0.2) is 0 Å². The Morgan fingerprint density at radius 2 is 2.18 bits per heavy atom. The van der Waals surface area contributed by atoms with Crippen LogP contribution in [0.3, 0.4) is 0 Å². The molecule has 17 heavy (non-hydrogen) atoms. The second-order valence-corrected chi connectivity index (χ2v) is 5.39. The first-order valence-corrected chi connectivity index (χ1v) is 6.90. The van der Waals surface area contributed by atoms with Gasteiger partial charge < -0.3 is 10.2 Å². The van der Waals surface area contributed by atoms with Gasteiger partial charge in [0.25, 0.3) is 0 Å². The van der Waals surface area contributed by atoms with E-state index in [4.69, 9.17) is 0 Å². The van der Waals surface area contributed by atoms with E-state index in [0.29, 0.717) is 24.4 Å². The molecule has 0 aromatic rings. The summed E-state index contributed by atoms with van der Waals surface area (Å²) >= 11 is 0. The first-order chi connectivity index (χ1) is 8.22. The fraction of sp³-hybridized carbons (Fsp3) is 0.923. The van der Waals surface area contributed by atoms with Gasteiger partial charge in [0.2, 0.25) is 5.91 Å². The molecule has 0 aromatic heterocycles. The molecule has 2 fully saturated rings. The Morgan fingerprint density at radius 3 is 2.94 bits per heavy atom. The number of hydrogen-bond donors (Lipinski definition) is 1. The highest BCUT2D eigenvalue weighted by atomic mass is 16.2. The summed E-state index contributed by atoms with van der Waals surface area (Å²) in [5.41, 5.74) is 0. The fourth-order valence-corrected chi connectivity index (χ4v) is 3.08. The summed E-state index contributed by atoms with van der Waals surface area (Å²) in [6.45, 7) is 6.21. The minimum Gasteiger partial charge on any atom is -0.337 e. The predicted molar refractivity (Wildman–Crippen MR) is 68.9 cm³/mol. The summed E-state index contributed by atoms with van der Waals surface area (Å²) in [6.07, 6.45) is 4.56. The van der Waals surface area contributed by atoms with Crippen LogP contribution in [0.15, 0.2) is 0 Å². The van der Waals surface area contributed by atoms with Crippen LogP contribution in [-0.4, -0.2) is 61.0 Å². The fourth-order valence-electron chi connectivity index (χ4n) is 3.08. The number of carbonyl (C=O) groups is 1. The molecule has 0 aliphatic carbocycles. The molecule has 0 spiro atoms. The monoisotopic (exact) mass is 239 g/mol. The molecule has 2 unspecified atom stereocenters. The predicted octanol–water partition coefficient (Wildman–Crippen LogP) is 0.681. The van der Waals surface area contributed by atoms with E-state index in [1.165, 1.54) is 25.8 Å². The quantitative estimate of drug-likeness (QED) is 0.787. The van der Waals surface area contributed by atoms with Crippen LogP contribution in [0.1, 0.15) is 32.6 Å². The lowest BCUT2D eigenvalue weighted by atomic mass is 9.97. The molecule has 2 aliphatic rings. The molecule has 2 atom stereocenters. The average molecular weight is 239 g/mol. The van der Waals surface area contributed by atoms with Gasteiger partial charge >= 0.3 is 0 Å². The van der Waals surface area contributed by atoms with Gasteiger partial charge in [-0.05, 0) is 33.4 Å². The number of piperazine rings is 1. The topological polar surface area (TPSA) is 35.6 Å². The lowest BCUT2D eigenvalue weighted by Gasteiger charge is -2.47. The van der Waals surface area contributed by atoms with Crippen molar-refractivity contribution in [1.29, 1.82) is 0 Å². The summed E-state index contributed by atoms with van der Waals surface area (Å²) in [5, 5.41) is 3.05. The Labute approximate surface area is 104 Å². The first-order valence-electron chi connectivity index (χ1n) is 6.90. The lowest BCUT2D eigenvalue weighted by molar-refractivity contribution is -0.137. The molecule has 0 bridgehead atoms. The van der Waals surface area contributed by atoms with Crippen LogP contribution in [0.2, 0.25) is 0 Å². The molecule has 0 radical (unpaired) electrons.